The summed E-state index contributed by atoms with van der Waals surface area (Å²) in [6, 6.07) is 27.2. The lowest BCUT2D eigenvalue weighted by atomic mass is 10.0. The van der Waals surface area contributed by atoms with E-state index in [4.69, 9.17) is 0 Å². The molecule has 1 N–H and O–H groups in total. The average molecular weight is 403 g/mol. The summed E-state index contributed by atoms with van der Waals surface area (Å²) in [5, 5.41) is 5.59. The van der Waals surface area contributed by atoms with E-state index >= 15 is 0 Å². The van der Waals surface area contributed by atoms with Crippen molar-refractivity contribution < 1.29 is 0 Å². The van der Waals surface area contributed by atoms with Gasteiger partial charge in [0.1, 0.15) is 5.82 Å². The quantitative estimate of drug-likeness (QED) is 0.376. The third-order valence-corrected chi connectivity index (χ3v) is 5.36. The second-order valence-corrected chi connectivity index (χ2v) is 7.55. The monoisotopic (exact) mass is 402 g/mol. The fraction of sp³-hybridized carbons (Fsp3) is 0.0741. The van der Waals surface area contributed by atoms with E-state index in [-0.39, 0.29) is 0 Å². The second kappa shape index (κ2) is 8.36. The van der Waals surface area contributed by atoms with Gasteiger partial charge in [-0.15, -0.1) is 0 Å². The van der Waals surface area contributed by atoms with Gasteiger partial charge >= 0.3 is 0 Å². The molecule has 0 spiro atoms. The van der Waals surface area contributed by atoms with Gasteiger partial charge in [-0.25, -0.2) is 4.98 Å². The van der Waals surface area contributed by atoms with Gasteiger partial charge in [-0.05, 0) is 53.3 Å². The first-order valence-corrected chi connectivity index (χ1v) is 10.3. The summed E-state index contributed by atoms with van der Waals surface area (Å²) < 4.78 is 0. The second-order valence-electron chi connectivity index (χ2n) is 7.55. The smallest absolute Gasteiger partial charge is 0.135 e. The van der Waals surface area contributed by atoms with Crippen molar-refractivity contribution in [3.05, 3.63) is 109 Å². The molecule has 2 aromatic carbocycles. The average Bonchev–Trinajstić information content (AvgIpc) is 2.83. The summed E-state index contributed by atoms with van der Waals surface area (Å²) in [7, 11) is 0. The molecule has 0 aliphatic heterocycles. The predicted molar refractivity (Wildman–Crippen MR) is 127 cm³/mol. The Hall–Kier alpha value is -4.05. The standard InChI is InChI=1S/C27H22N4/c1-19-15-24(12-13-28-19)26-16-23-11-14-29-27(25(23)18-30-26)31-17-20-7-9-22(10-8-20)21-5-3-2-4-6-21/h2-16,18H,17H2,1H3,(H,29,31). The first kappa shape index (κ1) is 18.9. The van der Waals surface area contributed by atoms with Gasteiger partial charge in [-0.2, -0.15) is 0 Å². The number of aryl methyl sites for hydroxylation is 1. The van der Waals surface area contributed by atoms with Crippen LogP contribution >= 0.6 is 0 Å². The Labute approximate surface area is 181 Å². The van der Waals surface area contributed by atoms with Crippen molar-refractivity contribution in [2.75, 3.05) is 5.32 Å². The van der Waals surface area contributed by atoms with Gasteiger partial charge < -0.3 is 5.32 Å². The number of hydrogen-bond donors (Lipinski definition) is 1. The molecule has 4 nitrogen and oxygen atoms in total. The minimum atomic E-state index is 0.701. The highest BCUT2D eigenvalue weighted by atomic mass is 15.0. The summed E-state index contributed by atoms with van der Waals surface area (Å²) in [6.07, 6.45) is 5.55. The van der Waals surface area contributed by atoms with Crippen molar-refractivity contribution in [1.82, 2.24) is 15.0 Å². The van der Waals surface area contributed by atoms with E-state index in [1.54, 1.807) is 0 Å². The normalized spacial score (nSPS) is 10.9. The number of nitrogens with zero attached hydrogens (tertiary/aromatic N) is 3. The molecular weight excluding hydrogens is 380 g/mol. The Balaban J connectivity index is 1.36. The van der Waals surface area contributed by atoms with Gasteiger partial charge in [0.05, 0.1) is 5.69 Å². The molecule has 0 saturated heterocycles. The maximum absolute atomic E-state index is 4.67. The third kappa shape index (κ3) is 4.14. The zero-order valence-electron chi connectivity index (χ0n) is 17.3. The van der Waals surface area contributed by atoms with E-state index in [0.717, 1.165) is 33.5 Å². The van der Waals surface area contributed by atoms with E-state index in [0.29, 0.717) is 6.54 Å². The highest BCUT2D eigenvalue weighted by molar-refractivity contribution is 5.93. The van der Waals surface area contributed by atoms with Crippen LogP contribution in [0.15, 0.2) is 97.5 Å². The zero-order chi connectivity index (χ0) is 21.0. The first-order valence-electron chi connectivity index (χ1n) is 10.3. The molecule has 4 heteroatoms. The minimum absolute atomic E-state index is 0.701. The lowest BCUT2D eigenvalue weighted by Gasteiger charge is -2.10. The lowest BCUT2D eigenvalue weighted by Crippen LogP contribution is -2.02. The number of anilines is 1. The van der Waals surface area contributed by atoms with E-state index in [2.05, 4.69) is 74.9 Å². The molecule has 31 heavy (non-hydrogen) atoms. The van der Waals surface area contributed by atoms with E-state index in [9.17, 15) is 0 Å². The van der Waals surface area contributed by atoms with Crippen LogP contribution in [0.3, 0.4) is 0 Å². The van der Waals surface area contributed by atoms with Crippen LogP contribution in [0.2, 0.25) is 0 Å². The molecule has 0 aliphatic carbocycles. The number of hydrogen-bond acceptors (Lipinski definition) is 4. The van der Waals surface area contributed by atoms with Crippen molar-refractivity contribution >= 4 is 16.6 Å². The molecule has 5 rings (SSSR count). The van der Waals surface area contributed by atoms with E-state index in [1.807, 2.05) is 49.8 Å². The molecule has 5 aromatic rings. The Morgan fingerprint density at radius 3 is 2.29 bits per heavy atom. The SMILES string of the molecule is Cc1cc(-c2cc3ccnc(NCc4ccc(-c5ccccc5)cc4)c3cn2)ccn1. The molecule has 3 heterocycles. The van der Waals surface area contributed by atoms with Crippen LogP contribution in [0.4, 0.5) is 5.82 Å². The molecule has 0 aliphatic rings. The van der Waals surface area contributed by atoms with Crippen LogP contribution in [0.25, 0.3) is 33.2 Å². The molecule has 0 unspecified atom stereocenters. The summed E-state index contributed by atoms with van der Waals surface area (Å²) in [5.74, 6) is 0.842. The molecule has 0 saturated carbocycles. The molecule has 0 amide bonds. The Bertz CT molecular complexity index is 1330. The van der Waals surface area contributed by atoms with Crippen LogP contribution < -0.4 is 5.32 Å². The summed E-state index contributed by atoms with van der Waals surface area (Å²) in [6.45, 7) is 2.69. The molecular formula is C27H22N4. The van der Waals surface area contributed by atoms with Gasteiger partial charge in [0.15, 0.2) is 0 Å². The number of fused-ring (bicyclic) bond motifs is 1. The van der Waals surface area contributed by atoms with E-state index in [1.165, 1.54) is 16.7 Å². The Kier molecular flexibility index (Phi) is 5.11. The summed E-state index contributed by atoms with van der Waals surface area (Å²) in [4.78, 5) is 13.5. The summed E-state index contributed by atoms with van der Waals surface area (Å²) >= 11 is 0. The van der Waals surface area contributed by atoms with Crippen LogP contribution in [-0.4, -0.2) is 15.0 Å². The van der Waals surface area contributed by atoms with Crippen LogP contribution in [0.5, 0.6) is 0 Å². The first-order chi connectivity index (χ1) is 15.3. The van der Waals surface area contributed by atoms with Crippen LogP contribution in [-0.2, 0) is 6.54 Å². The lowest BCUT2D eigenvalue weighted by molar-refractivity contribution is 1.12. The van der Waals surface area contributed by atoms with Gasteiger partial charge in [0.2, 0.25) is 0 Å². The molecule has 0 bridgehead atoms. The highest BCUT2D eigenvalue weighted by Gasteiger charge is 2.07. The van der Waals surface area contributed by atoms with Gasteiger partial charge in [0.25, 0.3) is 0 Å². The number of rotatable bonds is 5. The Morgan fingerprint density at radius 2 is 1.48 bits per heavy atom. The van der Waals surface area contributed by atoms with Crippen LogP contribution in [0.1, 0.15) is 11.3 Å². The maximum atomic E-state index is 4.67. The molecule has 0 radical (unpaired) electrons. The fourth-order valence-corrected chi connectivity index (χ4v) is 3.70. The number of aromatic nitrogens is 3. The highest BCUT2D eigenvalue weighted by Crippen LogP contribution is 2.26. The van der Waals surface area contributed by atoms with Crippen molar-refractivity contribution in [2.45, 2.75) is 13.5 Å². The fourth-order valence-electron chi connectivity index (χ4n) is 3.70. The maximum Gasteiger partial charge on any atom is 0.135 e. The summed E-state index contributed by atoms with van der Waals surface area (Å²) in [5.41, 5.74) is 6.63. The van der Waals surface area contributed by atoms with Crippen molar-refractivity contribution in [3.8, 4) is 22.4 Å². The third-order valence-electron chi connectivity index (χ3n) is 5.36. The number of nitrogens with one attached hydrogen (secondary N) is 1. The van der Waals surface area contributed by atoms with E-state index < -0.39 is 0 Å². The number of pyridine rings is 3. The van der Waals surface area contributed by atoms with Crippen molar-refractivity contribution in [3.63, 3.8) is 0 Å². The Morgan fingerprint density at radius 1 is 0.710 bits per heavy atom. The number of benzene rings is 2. The minimum Gasteiger partial charge on any atom is -0.365 e. The molecule has 3 aromatic heterocycles. The van der Waals surface area contributed by atoms with Gasteiger partial charge in [-0.3, -0.25) is 9.97 Å². The van der Waals surface area contributed by atoms with Crippen molar-refractivity contribution in [2.24, 2.45) is 0 Å². The largest absolute Gasteiger partial charge is 0.365 e. The zero-order valence-corrected chi connectivity index (χ0v) is 17.3. The van der Waals surface area contributed by atoms with Gasteiger partial charge in [-0.1, -0.05) is 54.6 Å². The van der Waals surface area contributed by atoms with Crippen molar-refractivity contribution in [1.29, 1.82) is 0 Å². The molecule has 150 valence electrons. The predicted octanol–water partition coefficient (Wildman–Crippen LogP) is 6.28. The van der Waals surface area contributed by atoms with Crippen LogP contribution in [0, 0.1) is 6.92 Å². The topological polar surface area (TPSA) is 50.7 Å². The molecule has 0 atom stereocenters. The molecule has 0 fully saturated rings. The van der Waals surface area contributed by atoms with Gasteiger partial charge in [0, 0.05) is 41.8 Å².